The van der Waals surface area contributed by atoms with Crippen molar-refractivity contribution in [3.05, 3.63) is 18.0 Å². The summed E-state index contributed by atoms with van der Waals surface area (Å²) >= 11 is 0. The second-order valence-electron chi connectivity index (χ2n) is 10.0. The van der Waals surface area contributed by atoms with Gasteiger partial charge in [0.2, 0.25) is 16.0 Å². The van der Waals surface area contributed by atoms with Crippen LogP contribution in [0.2, 0.25) is 0 Å². The lowest BCUT2D eigenvalue weighted by atomic mass is 10.0. The number of rotatable bonds is 10. The van der Waals surface area contributed by atoms with E-state index in [1.807, 2.05) is 19.3 Å². The van der Waals surface area contributed by atoms with Gasteiger partial charge in [-0.3, -0.25) is 0 Å². The van der Waals surface area contributed by atoms with E-state index in [1.54, 1.807) is 11.4 Å². The third-order valence-corrected chi connectivity index (χ3v) is 9.09. The first-order valence-corrected chi connectivity index (χ1v) is 13.9. The van der Waals surface area contributed by atoms with Crippen molar-refractivity contribution >= 4 is 22.1 Å². The first-order chi connectivity index (χ1) is 16.3. The molecule has 10 nitrogen and oxygen atoms in total. The normalized spacial score (nSPS) is 25.1. The topological polar surface area (TPSA) is 123 Å². The van der Waals surface area contributed by atoms with Gasteiger partial charge in [-0.15, -0.1) is 0 Å². The Kier molecular flexibility index (Phi) is 7.94. The highest BCUT2D eigenvalue weighted by Crippen LogP contribution is 2.37. The zero-order chi connectivity index (χ0) is 24.2. The predicted octanol–water partition coefficient (Wildman–Crippen LogP) is 2.63. The number of amides is 1. The molecule has 2 heterocycles. The fraction of sp³-hybridized carbons (Fsp3) is 0.783. The summed E-state index contributed by atoms with van der Waals surface area (Å²) in [6, 6.07) is 0.146. The zero-order valence-electron chi connectivity index (χ0n) is 20.2. The van der Waals surface area contributed by atoms with Crippen LogP contribution in [0.5, 0.6) is 0 Å². The number of hydrogen-bond acceptors (Lipinski definition) is 8. The van der Waals surface area contributed by atoms with Crippen molar-refractivity contribution in [2.75, 3.05) is 37.9 Å². The smallest absolute Gasteiger partial charge is 0.407 e. The predicted molar refractivity (Wildman–Crippen MR) is 128 cm³/mol. The summed E-state index contributed by atoms with van der Waals surface area (Å²) in [6.45, 7) is 3.49. The van der Waals surface area contributed by atoms with E-state index < -0.39 is 10.0 Å². The maximum Gasteiger partial charge on any atom is 0.407 e. The van der Waals surface area contributed by atoms with E-state index in [4.69, 9.17) is 9.47 Å². The highest BCUT2D eigenvalue weighted by atomic mass is 32.2. The molecule has 1 amide bonds. The molecule has 0 unspecified atom stereocenters. The molecule has 1 saturated heterocycles. The van der Waals surface area contributed by atoms with Gasteiger partial charge in [0.1, 0.15) is 6.10 Å². The van der Waals surface area contributed by atoms with Crippen molar-refractivity contribution in [2.24, 2.45) is 0 Å². The molecule has 0 spiro atoms. The molecule has 4 rings (SSSR count). The minimum Gasteiger partial charge on any atom is -0.446 e. The van der Waals surface area contributed by atoms with E-state index in [-0.39, 0.29) is 35.4 Å². The van der Waals surface area contributed by atoms with Crippen molar-refractivity contribution in [3.63, 3.8) is 0 Å². The van der Waals surface area contributed by atoms with E-state index in [0.29, 0.717) is 32.1 Å². The number of alkyl carbamates (subject to hydrolysis) is 1. The van der Waals surface area contributed by atoms with Crippen LogP contribution < -0.4 is 10.6 Å². The molecule has 0 bridgehead atoms. The number of aromatic nitrogens is 2. The summed E-state index contributed by atoms with van der Waals surface area (Å²) in [5.74, 6) is 0.976. The molecule has 2 saturated carbocycles. The lowest BCUT2D eigenvalue weighted by Crippen LogP contribution is -2.43. The standard InChI is InChI=1S/C23H37N5O5S/c1-23(8-9-23)27-22(29)33-20-5-4-17(14-20)18-15-24-21(25-16-18)26-19-6-10-28(11-7-19)34(30,31)13-3-12-32-2/h15-17,19-20H,3-14H2,1-2H3,(H,27,29)(H,24,25,26)/t17-,20+/m1/s1. The van der Waals surface area contributed by atoms with E-state index in [9.17, 15) is 13.2 Å². The zero-order valence-corrected chi connectivity index (χ0v) is 21.0. The lowest BCUT2D eigenvalue weighted by Gasteiger charge is -2.31. The Hall–Kier alpha value is -1.98. The van der Waals surface area contributed by atoms with Gasteiger partial charge >= 0.3 is 6.09 Å². The van der Waals surface area contributed by atoms with Gasteiger partial charge in [0, 0.05) is 50.8 Å². The minimum absolute atomic E-state index is 0.0684. The lowest BCUT2D eigenvalue weighted by molar-refractivity contribution is 0.0967. The Bertz CT molecular complexity index is 930. The molecule has 2 N–H and O–H groups in total. The van der Waals surface area contributed by atoms with Crippen LogP contribution in [0.25, 0.3) is 0 Å². The molecular weight excluding hydrogens is 458 g/mol. The maximum absolute atomic E-state index is 12.4. The van der Waals surface area contributed by atoms with Crippen LogP contribution in [0.15, 0.2) is 12.4 Å². The number of anilines is 1. The summed E-state index contributed by atoms with van der Waals surface area (Å²) in [6.07, 6.45) is 9.89. The molecule has 1 aromatic rings. The van der Waals surface area contributed by atoms with Gasteiger partial charge in [-0.25, -0.2) is 27.5 Å². The summed E-state index contributed by atoms with van der Waals surface area (Å²) in [4.78, 5) is 21.0. The first kappa shape index (κ1) is 25.1. The Balaban J connectivity index is 1.20. The van der Waals surface area contributed by atoms with Gasteiger partial charge in [0.15, 0.2) is 0 Å². The van der Waals surface area contributed by atoms with Crippen molar-refractivity contribution in [3.8, 4) is 0 Å². The molecule has 1 aliphatic heterocycles. The third-order valence-electron chi connectivity index (χ3n) is 7.14. The Morgan fingerprint density at radius 2 is 1.88 bits per heavy atom. The van der Waals surface area contributed by atoms with E-state index in [2.05, 4.69) is 20.6 Å². The number of methoxy groups -OCH3 is 1. The van der Waals surface area contributed by atoms with Gasteiger partial charge in [-0.2, -0.15) is 0 Å². The Morgan fingerprint density at radius 3 is 2.53 bits per heavy atom. The number of hydrogen-bond donors (Lipinski definition) is 2. The molecule has 3 aliphatic rings. The number of carbonyl (C=O) groups is 1. The van der Waals surface area contributed by atoms with Crippen LogP contribution in [0, 0.1) is 0 Å². The van der Waals surface area contributed by atoms with Gasteiger partial charge in [-0.1, -0.05) is 0 Å². The molecule has 190 valence electrons. The average Bonchev–Trinajstić information content (AvgIpc) is 3.34. The number of sulfonamides is 1. The molecule has 0 radical (unpaired) electrons. The average molecular weight is 496 g/mol. The number of nitrogens with zero attached hydrogens (tertiary/aromatic N) is 3. The largest absolute Gasteiger partial charge is 0.446 e. The monoisotopic (exact) mass is 495 g/mol. The van der Waals surface area contributed by atoms with Crippen LogP contribution in [-0.4, -0.2) is 79.0 Å². The number of ether oxygens (including phenoxy) is 2. The summed E-state index contributed by atoms with van der Waals surface area (Å²) < 4.78 is 37.0. The van der Waals surface area contributed by atoms with Crippen molar-refractivity contribution < 1.29 is 22.7 Å². The Labute approximate surface area is 202 Å². The van der Waals surface area contributed by atoms with Crippen LogP contribution in [0.4, 0.5) is 10.7 Å². The molecule has 2 atom stereocenters. The minimum atomic E-state index is -3.23. The highest BCUT2D eigenvalue weighted by Gasteiger charge is 2.40. The molecule has 34 heavy (non-hydrogen) atoms. The number of carbonyl (C=O) groups excluding carboxylic acids is 1. The quantitative estimate of drug-likeness (QED) is 0.475. The molecule has 0 aromatic carbocycles. The first-order valence-electron chi connectivity index (χ1n) is 12.3. The second-order valence-corrected chi connectivity index (χ2v) is 12.1. The van der Waals surface area contributed by atoms with Crippen molar-refractivity contribution in [2.45, 2.75) is 81.9 Å². The SMILES string of the molecule is COCCCS(=O)(=O)N1CCC(Nc2ncc([C@@H]3CC[C@H](OC(=O)NC4(C)CC4)C3)cn2)CC1. The third kappa shape index (κ3) is 6.79. The molecular formula is C23H37N5O5S. The van der Waals surface area contributed by atoms with E-state index in [1.165, 1.54) is 0 Å². The van der Waals surface area contributed by atoms with E-state index >= 15 is 0 Å². The molecule has 11 heteroatoms. The van der Waals surface area contributed by atoms with Crippen molar-refractivity contribution in [1.29, 1.82) is 0 Å². The van der Waals surface area contributed by atoms with Crippen LogP contribution in [0.1, 0.15) is 69.8 Å². The van der Waals surface area contributed by atoms with Gasteiger partial charge in [0.05, 0.1) is 5.75 Å². The Morgan fingerprint density at radius 1 is 1.18 bits per heavy atom. The molecule has 1 aromatic heterocycles. The summed E-state index contributed by atoms with van der Waals surface area (Å²) in [5, 5.41) is 6.29. The van der Waals surface area contributed by atoms with Crippen LogP contribution >= 0.6 is 0 Å². The van der Waals surface area contributed by atoms with Crippen LogP contribution in [-0.2, 0) is 19.5 Å². The maximum atomic E-state index is 12.4. The van der Waals surface area contributed by atoms with E-state index in [0.717, 1.165) is 50.5 Å². The number of nitrogens with one attached hydrogen (secondary N) is 2. The highest BCUT2D eigenvalue weighted by molar-refractivity contribution is 7.89. The fourth-order valence-electron chi connectivity index (χ4n) is 4.69. The molecule has 2 aliphatic carbocycles. The molecule has 3 fully saturated rings. The van der Waals surface area contributed by atoms with Crippen molar-refractivity contribution in [1.82, 2.24) is 19.6 Å². The summed E-state index contributed by atoms with van der Waals surface area (Å²) in [7, 11) is -1.65. The second kappa shape index (κ2) is 10.7. The van der Waals surface area contributed by atoms with Gasteiger partial charge in [-0.05, 0) is 69.8 Å². The van der Waals surface area contributed by atoms with Gasteiger partial charge in [0.25, 0.3) is 0 Å². The van der Waals surface area contributed by atoms with Crippen LogP contribution in [0.3, 0.4) is 0 Å². The number of piperidine rings is 1. The van der Waals surface area contributed by atoms with Gasteiger partial charge < -0.3 is 20.1 Å². The summed E-state index contributed by atoms with van der Waals surface area (Å²) in [5.41, 5.74) is 0.990. The fourth-order valence-corrected chi connectivity index (χ4v) is 6.20.